The van der Waals surface area contributed by atoms with Crippen molar-refractivity contribution in [3.63, 3.8) is 0 Å². The van der Waals surface area contributed by atoms with E-state index in [9.17, 15) is 5.26 Å². The lowest BCUT2D eigenvalue weighted by molar-refractivity contribution is 0.0517. The summed E-state index contributed by atoms with van der Waals surface area (Å²) in [5, 5.41) is 9.19. The monoisotopic (exact) mass is 332 g/mol. The van der Waals surface area contributed by atoms with Crippen molar-refractivity contribution in [2.24, 2.45) is 5.92 Å². The van der Waals surface area contributed by atoms with Crippen molar-refractivity contribution in [2.45, 2.75) is 25.6 Å². The molecule has 3 nitrogen and oxygen atoms in total. The van der Waals surface area contributed by atoms with Gasteiger partial charge in [0.05, 0.1) is 19.3 Å². The molecular formula is C22H24N2O. The maximum Gasteiger partial charge on any atom is 0.0717 e. The van der Waals surface area contributed by atoms with E-state index < -0.39 is 0 Å². The Balaban J connectivity index is 1.66. The van der Waals surface area contributed by atoms with Gasteiger partial charge in [0, 0.05) is 31.5 Å². The zero-order valence-corrected chi connectivity index (χ0v) is 14.5. The van der Waals surface area contributed by atoms with Crippen molar-refractivity contribution in [2.75, 3.05) is 13.2 Å². The predicted octanol–water partition coefficient (Wildman–Crippen LogP) is 4.17. The van der Waals surface area contributed by atoms with Crippen LogP contribution in [0.4, 0.5) is 0 Å². The highest BCUT2D eigenvalue weighted by molar-refractivity contribution is 5.20. The fraction of sp³-hybridized carbons (Fsp3) is 0.318. The first-order chi connectivity index (χ1) is 12.3. The minimum atomic E-state index is 0.185. The van der Waals surface area contributed by atoms with Crippen LogP contribution in [0.5, 0.6) is 0 Å². The Morgan fingerprint density at radius 2 is 1.68 bits per heavy atom. The molecule has 0 saturated carbocycles. The largest absolute Gasteiger partial charge is 0.375 e. The van der Waals surface area contributed by atoms with Crippen LogP contribution < -0.4 is 0 Å². The Morgan fingerprint density at radius 1 is 1.04 bits per heavy atom. The fourth-order valence-corrected chi connectivity index (χ4v) is 3.49. The van der Waals surface area contributed by atoms with Crippen LogP contribution in [-0.4, -0.2) is 24.1 Å². The molecule has 0 unspecified atom stereocenters. The quantitative estimate of drug-likeness (QED) is 0.714. The van der Waals surface area contributed by atoms with Crippen LogP contribution in [0.1, 0.15) is 17.5 Å². The maximum absolute atomic E-state index is 9.19. The van der Waals surface area contributed by atoms with Crippen LogP contribution in [0, 0.1) is 17.2 Å². The van der Waals surface area contributed by atoms with E-state index in [4.69, 9.17) is 4.74 Å². The molecule has 1 fully saturated rings. The van der Waals surface area contributed by atoms with E-state index in [2.05, 4.69) is 53.9 Å². The third-order valence-corrected chi connectivity index (χ3v) is 4.80. The average Bonchev–Trinajstić information content (AvgIpc) is 2.92. The molecule has 3 heteroatoms. The summed E-state index contributed by atoms with van der Waals surface area (Å²) in [4.78, 5) is 2.39. The van der Waals surface area contributed by atoms with Gasteiger partial charge in [0.1, 0.15) is 0 Å². The molecule has 2 atom stereocenters. The second-order valence-electron chi connectivity index (χ2n) is 6.59. The lowest BCUT2D eigenvalue weighted by atomic mass is 9.94. The van der Waals surface area contributed by atoms with Gasteiger partial charge >= 0.3 is 0 Å². The van der Waals surface area contributed by atoms with Crippen LogP contribution >= 0.6 is 0 Å². The Kier molecular flexibility index (Phi) is 6.00. The molecule has 0 amide bonds. The molecular weight excluding hydrogens is 308 g/mol. The first-order valence-corrected chi connectivity index (χ1v) is 8.72. The predicted molar refractivity (Wildman–Crippen MR) is 99.6 cm³/mol. The molecule has 0 spiro atoms. The summed E-state index contributed by atoms with van der Waals surface area (Å²) in [7, 11) is 0. The van der Waals surface area contributed by atoms with Crippen molar-refractivity contribution >= 4 is 0 Å². The minimum absolute atomic E-state index is 0.185. The minimum Gasteiger partial charge on any atom is -0.375 e. The lowest BCUT2D eigenvalue weighted by Gasteiger charge is -2.27. The molecule has 1 heterocycles. The van der Waals surface area contributed by atoms with Crippen LogP contribution in [-0.2, 0) is 17.9 Å². The first-order valence-electron chi connectivity index (χ1n) is 8.72. The van der Waals surface area contributed by atoms with Crippen LogP contribution in [0.3, 0.4) is 0 Å². The number of nitriles is 1. The molecule has 0 bridgehead atoms. The van der Waals surface area contributed by atoms with Crippen LogP contribution in [0.15, 0.2) is 72.8 Å². The van der Waals surface area contributed by atoms with Crippen molar-refractivity contribution in [1.82, 2.24) is 4.90 Å². The van der Waals surface area contributed by atoms with E-state index in [1.54, 1.807) is 0 Å². The molecule has 0 aromatic heterocycles. The van der Waals surface area contributed by atoms with Gasteiger partial charge in [-0.05, 0) is 11.1 Å². The number of likely N-dealkylation sites (tertiary alicyclic amines) is 1. The highest BCUT2D eigenvalue weighted by Gasteiger charge is 2.36. The van der Waals surface area contributed by atoms with E-state index in [-0.39, 0.29) is 12.0 Å². The van der Waals surface area contributed by atoms with Gasteiger partial charge in [-0.1, -0.05) is 72.8 Å². The molecule has 1 aliphatic rings. The molecule has 25 heavy (non-hydrogen) atoms. The van der Waals surface area contributed by atoms with Gasteiger partial charge < -0.3 is 4.74 Å². The molecule has 2 aromatic rings. The SMILES string of the molecule is C=C1CN(Cc2ccccc2)[C@@H](COCc2ccccc2)[C@@H]1CC#N. The Bertz CT molecular complexity index is 721. The number of hydrogen-bond acceptors (Lipinski definition) is 3. The number of rotatable bonds is 7. The highest BCUT2D eigenvalue weighted by atomic mass is 16.5. The van der Waals surface area contributed by atoms with Crippen LogP contribution in [0.25, 0.3) is 0 Å². The summed E-state index contributed by atoms with van der Waals surface area (Å²) >= 11 is 0. The van der Waals surface area contributed by atoms with E-state index in [0.29, 0.717) is 19.6 Å². The number of benzene rings is 2. The normalized spacial score (nSPS) is 20.5. The molecule has 2 aromatic carbocycles. The average molecular weight is 332 g/mol. The topological polar surface area (TPSA) is 36.3 Å². The smallest absolute Gasteiger partial charge is 0.0717 e. The second-order valence-corrected chi connectivity index (χ2v) is 6.59. The molecule has 1 saturated heterocycles. The summed E-state index contributed by atoms with van der Waals surface area (Å²) in [5.74, 6) is 0.185. The first kappa shape index (κ1) is 17.4. The lowest BCUT2D eigenvalue weighted by Crippen LogP contribution is -2.36. The standard InChI is InChI=1S/C22H24N2O/c1-18-14-24(15-19-8-4-2-5-9-19)22(21(18)12-13-23)17-25-16-20-10-6-3-7-11-20/h2-11,21-22H,1,12,14-17H2/t21-,22+/m1/s1. The third-order valence-electron chi connectivity index (χ3n) is 4.80. The summed E-state index contributed by atoms with van der Waals surface area (Å²) < 4.78 is 6.00. The number of hydrogen-bond donors (Lipinski definition) is 0. The molecule has 0 aliphatic carbocycles. The Morgan fingerprint density at radius 3 is 2.32 bits per heavy atom. The summed E-state index contributed by atoms with van der Waals surface area (Å²) in [6.07, 6.45) is 0.503. The summed E-state index contributed by atoms with van der Waals surface area (Å²) in [6, 6.07) is 23.2. The maximum atomic E-state index is 9.19. The van der Waals surface area contributed by atoms with Crippen molar-refractivity contribution < 1.29 is 4.74 Å². The summed E-state index contributed by atoms with van der Waals surface area (Å²) in [6.45, 7) is 7.13. The number of nitrogens with zero attached hydrogens (tertiary/aromatic N) is 2. The van der Waals surface area contributed by atoms with Gasteiger partial charge in [0.25, 0.3) is 0 Å². The Hall–Kier alpha value is -2.41. The fourth-order valence-electron chi connectivity index (χ4n) is 3.49. The van der Waals surface area contributed by atoms with E-state index in [1.165, 1.54) is 11.1 Å². The van der Waals surface area contributed by atoms with Crippen LogP contribution in [0.2, 0.25) is 0 Å². The van der Waals surface area contributed by atoms with E-state index >= 15 is 0 Å². The van der Waals surface area contributed by atoms with Gasteiger partial charge in [0.15, 0.2) is 0 Å². The van der Waals surface area contributed by atoms with Gasteiger partial charge in [-0.3, -0.25) is 4.90 Å². The summed E-state index contributed by atoms with van der Waals surface area (Å²) in [5.41, 5.74) is 3.59. The molecule has 3 rings (SSSR count). The second kappa shape index (κ2) is 8.62. The molecule has 128 valence electrons. The third kappa shape index (κ3) is 4.57. The van der Waals surface area contributed by atoms with Crippen molar-refractivity contribution in [3.05, 3.63) is 83.9 Å². The Labute approximate surface area is 150 Å². The zero-order valence-electron chi connectivity index (χ0n) is 14.5. The van der Waals surface area contributed by atoms with E-state index in [0.717, 1.165) is 18.7 Å². The zero-order chi connectivity index (χ0) is 17.5. The molecule has 0 radical (unpaired) electrons. The van der Waals surface area contributed by atoms with Gasteiger partial charge in [-0.15, -0.1) is 0 Å². The number of ether oxygens (including phenoxy) is 1. The van der Waals surface area contributed by atoms with Crippen molar-refractivity contribution in [3.8, 4) is 6.07 Å². The molecule has 0 N–H and O–H groups in total. The molecule has 1 aliphatic heterocycles. The van der Waals surface area contributed by atoms with Gasteiger partial charge in [-0.25, -0.2) is 0 Å². The van der Waals surface area contributed by atoms with Gasteiger partial charge in [-0.2, -0.15) is 5.26 Å². The van der Waals surface area contributed by atoms with Gasteiger partial charge in [0.2, 0.25) is 0 Å². The van der Waals surface area contributed by atoms with Crippen molar-refractivity contribution in [1.29, 1.82) is 5.26 Å². The highest BCUT2D eigenvalue weighted by Crippen LogP contribution is 2.32. The van der Waals surface area contributed by atoms with E-state index in [1.807, 2.05) is 24.3 Å².